The maximum atomic E-state index is 12.5. The summed E-state index contributed by atoms with van der Waals surface area (Å²) in [4.78, 5) is 3.47. The van der Waals surface area contributed by atoms with Crippen molar-refractivity contribution < 1.29 is 9.13 Å². The number of nitrogens with zero attached hydrogens (tertiary/aromatic N) is 2. The summed E-state index contributed by atoms with van der Waals surface area (Å²) in [5.41, 5.74) is 0.599. The van der Waals surface area contributed by atoms with E-state index in [-0.39, 0.29) is 12.3 Å². The Bertz CT molecular complexity index is 319. The van der Waals surface area contributed by atoms with Gasteiger partial charge in [-0.15, -0.1) is 0 Å². The van der Waals surface area contributed by atoms with Crippen LogP contribution >= 0.6 is 0 Å². The van der Waals surface area contributed by atoms with Gasteiger partial charge in [-0.1, -0.05) is 0 Å². The number of nitriles is 1. The quantitative estimate of drug-likeness (QED) is 0.622. The smallest absolute Gasteiger partial charge is 0.220 e. The lowest BCUT2D eigenvalue weighted by Gasteiger charge is -2.02. The highest BCUT2D eigenvalue weighted by molar-refractivity contribution is 5.28. The molecule has 0 bridgehead atoms. The molecule has 0 N–H and O–H groups in total. The van der Waals surface area contributed by atoms with E-state index in [2.05, 4.69) is 4.98 Å². The van der Waals surface area contributed by atoms with E-state index in [4.69, 9.17) is 10.00 Å². The van der Waals surface area contributed by atoms with E-state index in [1.807, 2.05) is 6.07 Å². The summed E-state index contributed by atoms with van der Waals surface area (Å²) in [5, 5.41) is 8.38. The van der Waals surface area contributed by atoms with Crippen LogP contribution in [0.25, 0.3) is 0 Å². The largest absolute Gasteiger partial charge is 0.481 e. The maximum absolute atomic E-state index is 12.5. The normalized spacial score (nSPS) is 9.08. The van der Waals surface area contributed by atoms with Gasteiger partial charge in [-0.05, 0) is 12.1 Å². The number of pyridine rings is 1. The summed E-state index contributed by atoms with van der Waals surface area (Å²) in [6.45, 7) is 0. The second-order valence-electron chi connectivity index (χ2n) is 2.14. The highest BCUT2D eigenvalue weighted by Crippen LogP contribution is 2.15. The van der Waals surface area contributed by atoms with E-state index in [1.54, 1.807) is 0 Å². The highest BCUT2D eigenvalue weighted by atomic mass is 19.1. The molecule has 0 aliphatic rings. The fourth-order valence-electron chi connectivity index (χ4n) is 0.843. The van der Waals surface area contributed by atoms with Crippen molar-refractivity contribution in [3.8, 4) is 11.9 Å². The lowest BCUT2D eigenvalue weighted by atomic mass is 10.2. The molecule has 0 aromatic carbocycles. The van der Waals surface area contributed by atoms with Gasteiger partial charge in [0.15, 0.2) is 0 Å². The number of hydrogen-bond donors (Lipinski definition) is 0. The van der Waals surface area contributed by atoms with E-state index in [1.165, 1.54) is 19.2 Å². The summed E-state index contributed by atoms with van der Waals surface area (Å²) in [7, 11) is 1.39. The standard InChI is InChI=1S/C8H7FN2O/c1-12-8-6(4-5-10)2-3-7(9)11-8/h2-3H,4H2,1H3. The van der Waals surface area contributed by atoms with Crippen molar-refractivity contribution in [1.82, 2.24) is 4.98 Å². The predicted octanol–water partition coefficient (Wildman–Crippen LogP) is 1.30. The van der Waals surface area contributed by atoms with Crippen molar-refractivity contribution in [2.45, 2.75) is 6.42 Å². The fraction of sp³-hybridized carbons (Fsp3) is 0.250. The zero-order valence-corrected chi connectivity index (χ0v) is 6.54. The van der Waals surface area contributed by atoms with Gasteiger partial charge in [-0.25, -0.2) is 0 Å². The SMILES string of the molecule is COc1nc(F)ccc1CC#N. The molecule has 1 aromatic rings. The maximum Gasteiger partial charge on any atom is 0.220 e. The minimum absolute atomic E-state index is 0.177. The molecule has 1 heterocycles. The predicted molar refractivity (Wildman–Crippen MR) is 40.1 cm³/mol. The fourth-order valence-corrected chi connectivity index (χ4v) is 0.843. The third-order valence-corrected chi connectivity index (χ3v) is 1.37. The Morgan fingerprint density at radius 1 is 1.67 bits per heavy atom. The van der Waals surface area contributed by atoms with Gasteiger partial charge >= 0.3 is 0 Å². The van der Waals surface area contributed by atoms with E-state index < -0.39 is 5.95 Å². The molecule has 0 saturated carbocycles. The molecule has 0 saturated heterocycles. The van der Waals surface area contributed by atoms with Crippen molar-refractivity contribution in [2.24, 2.45) is 0 Å². The molecule has 3 nitrogen and oxygen atoms in total. The molecule has 0 radical (unpaired) electrons. The number of hydrogen-bond acceptors (Lipinski definition) is 3. The molecule has 0 spiro atoms. The van der Waals surface area contributed by atoms with Crippen molar-refractivity contribution in [3.05, 3.63) is 23.6 Å². The Labute approximate surface area is 69.4 Å². The lowest BCUT2D eigenvalue weighted by Crippen LogP contribution is -1.96. The van der Waals surface area contributed by atoms with Crippen molar-refractivity contribution in [2.75, 3.05) is 7.11 Å². The van der Waals surface area contributed by atoms with Gasteiger partial charge in [0.05, 0.1) is 19.6 Å². The Morgan fingerprint density at radius 3 is 3.00 bits per heavy atom. The Hall–Kier alpha value is -1.63. The van der Waals surface area contributed by atoms with E-state index in [0.29, 0.717) is 5.56 Å². The summed E-state index contributed by atoms with van der Waals surface area (Å²) in [5.74, 6) is -0.426. The van der Waals surface area contributed by atoms with Crippen LogP contribution in [-0.4, -0.2) is 12.1 Å². The van der Waals surface area contributed by atoms with Gasteiger partial charge in [-0.3, -0.25) is 0 Å². The van der Waals surface area contributed by atoms with Crippen LogP contribution in [0.1, 0.15) is 5.56 Å². The first-order chi connectivity index (χ1) is 5.77. The highest BCUT2D eigenvalue weighted by Gasteiger charge is 2.04. The number of ether oxygens (including phenoxy) is 1. The number of methoxy groups -OCH3 is 1. The molecule has 1 rings (SSSR count). The zero-order valence-electron chi connectivity index (χ0n) is 6.54. The number of rotatable bonds is 2. The molecule has 0 fully saturated rings. The van der Waals surface area contributed by atoms with Crippen LogP contribution < -0.4 is 4.74 Å². The second-order valence-corrected chi connectivity index (χ2v) is 2.14. The van der Waals surface area contributed by atoms with Gasteiger partial charge in [-0.2, -0.15) is 14.6 Å². The van der Waals surface area contributed by atoms with E-state index in [9.17, 15) is 4.39 Å². The topological polar surface area (TPSA) is 45.9 Å². The van der Waals surface area contributed by atoms with Crippen LogP contribution in [0.2, 0.25) is 0 Å². The first-order valence-electron chi connectivity index (χ1n) is 3.34. The molecule has 0 amide bonds. The Kier molecular flexibility index (Phi) is 2.59. The van der Waals surface area contributed by atoms with Gasteiger partial charge in [0.1, 0.15) is 0 Å². The summed E-state index contributed by atoms with van der Waals surface area (Å²) < 4.78 is 17.3. The number of aromatic nitrogens is 1. The second kappa shape index (κ2) is 3.67. The van der Waals surface area contributed by atoms with Crippen LogP contribution in [0.15, 0.2) is 12.1 Å². The van der Waals surface area contributed by atoms with E-state index >= 15 is 0 Å². The van der Waals surface area contributed by atoms with Crippen molar-refractivity contribution in [1.29, 1.82) is 5.26 Å². The molecule has 0 aliphatic heterocycles. The van der Waals surface area contributed by atoms with Crippen molar-refractivity contribution in [3.63, 3.8) is 0 Å². The number of halogens is 1. The molecule has 0 atom stereocenters. The Morgan fingerprint density at radius 2 is 2.42 bits per heavy atom. The first-order valence-corrected chi connectivity index (χ1v) is 3.34. The average Bonchev–Trinajstić information content (AvgIpc) is 2.08. The minimum atomic E-state index is -0.603. The molecule has 4 heteroatoms. The monoisotopic (exact) mass is 166 g/mol. The Balaban J connectivity index is 3.04. The van der Waals surface area contributed by atoms with Crippen LogP contribution in [0, 0.1) is 17.3 Å². The van der Waals surface area contributed by atoms with Gasteiger partial charge < -0.3 is 4.74 Å². The molecular formula is C8H7FN2O. The summed E-state index contributed by atoms with van der Waals surface area (Å²) in [6.07, 6.45) is 0.177. The third-order valence-electron chi connectivity index (χ3n) is 1.37. The molecule has 1 aromatic heterocycles. The van der Waals surface area contributed by atoms with Crippen molar-refractivity contribution >= 4 is 0 Å². The molecule has 0 aliphatic carbocycles. The first kappa shape index (κ1) is 8.47. The molecular weight excluding hydrogens is 159 g/mol. The molecule has 12 heavy (non-hydrogen) atoms. The minimum Gasteiger partial charge on any atom is -0.481 e. The lowest BCUT2D eigenvalue weighted by molar-refractivity contribution is 0.383. The van der Waals surface area contributed by atoms with E-state index in [0.717, 1.165) is 0 Å². The van der Waals surface area contributed by atoms with Crippen LogP contribution in [0.5, 0.6) is 5.88 Å². The average molecular weight is 166 g/mol. The summed E-state index contributed by atoms with van der Waals surface area (Å²) in [6, 6.07) is 4.63. The van der Waals surface area contributed by atoms with Gasteiger partial charge in [0.25, 0.3) is 0 Å². The molecule has 0 unspecified atom stereocenters. The zero-order chi connectivity index (χ0) is 8.97. The molecule has 62 valence electrons. The van der Waals surface area contributed by atoms with Gasteiger partial charge in [0, 0.05) is 5.56 Å². The van der Waals surface area contributed by atoms with Crippen LogP contribution in [-0.2, 0) is 6.42 Å². The summed E-state index contributed by atoms with van der Waals surface area (Å²) >= 11 is 0. The van der Waals surface area contributed by atoms with Crippen LogP contribution in [0.4, 0.5) is 4.39 Å². The van der Waals surface area contributed by atoms with Crippen LogP contribution in [0.3, 0.4) is 0 Å². The third kappa shape index (κ3) is 1.70. The van der Waals surface area contributed by atoms with Gasteiger partial charge in [0.2, 0.25) is 11.8 Å².